The highest BCUT2D eigenvalue weighted by Gasteiger charge is 1.85. The van der Waals surface area contributed by atoms with Gasteiger partial charge in [-0.05, 0) is 25.9 Å². The van der Waals surface area contributed by atoms with Crippen LogP contribution in [0, 0.1) is 11.3 Å². The Hall–Kier alpha value is -0.590. The van der Waals surface area contributed by atoms with E-state index in [1.54, 1.807) is 0 Å². The molecule has 0 amide bonds. The monoisotopic (exact) mass is 142 g/mol. The van der Waals surface area contributed by atoms with E-state index in [4.69, 9.17) is 10.4 Å². The molecule has 0 atom stereocenters. The van der Waals surface area contributed by atoms with Gasteiger partial charge in [-0.3, -0.25) is 0 Å². The SMILES string of the molecule is N#CCCCNCCCO. The van der Waals surface area contributed by atoms with Crippen LogP contribution < -0.4 is 5.32 Å². The lowest BCUT2D eigenvalue weighted by Crippen LogP contribution is -2.17. The van der Waals surface area contributed by atoms with Crippen molar-refractivity contribution in [2.75, 3.05) is 19.7 Å². The summed E-state index contributed by atoms with van der Waals surface area (Å²) in [6, 6.07) is 2.07. The van der Waals surface area contributed by atoms with Crippen LogP contribution in [0.1, 0.15) is 19.3 Å². The van der Waals surface area contributed by atoms with Gasteiger partial charge >= 0.3 is 0 Å². The standard InChI is InChI=1S/C7H14N2O/c8-4-1-2-5-9-6-3-7-10/h9-10H,1-3,5-7H2. The van der Waals surface area contributed by atoms with Crippen molar-refractivity contribution >= 4 is 0 Å². The summed E-state index contributed by atoms with van der Waals surface area (Å²) in [6.07, 6.45) is 2.32. The molecule has 0 fully saturated rings. The Morgan fingerprint density at radius 3 is 2.60 bits per heavy atom. The zero-order chi connectivity index (χ0) is 7.66. The average Bonchev–Trinajstić information content (AvgIpc) is 1.97. The van der Waals surface area contributed by atoms with Crippen molar-refractivity contribution in [1.82, 2.24) is 5.32 Å². The molecule has 0 aliphatic heterocycles. The molecule has 0 spiro atoms. The number of aliphatic hydroxyl groups excluding tert-OH is 1. The van der Waals surface area contributed by atoms with Crippen molar-refractivity contribution < 1.29 is 5.11 Å². The van der Waals surface area contributed by atoms with Gasteiger partial charge in [-0.2, -0.15) is 5.26 Å². The predicted octanol–water partition coefficient (Wildman–Crippen LogP) is 0.262. The molecule has 0 aliphatic carbocycles. The van der Waals surface area contributed by atoms with Gasteiger partial charge in [0.1, 0.15) is 0 Å². The Kier molecular flexibility index (Phi) is 7.91. The Morgan fingerprint density at radius 1 is 1.30 bits per heavy atom. The molecule has 0 heterocycles. The first kappa shape index (κ1) is 9.41. The van der Waals surface area contributed by atoms with E-state index < -0.39 is 0 Å². The lowest BCUT2D eigenvalue weighted by Gasteiger charge is -1.99. The molecule has 0 aromatic rings. The second kappa shape index (κ2) is 8.41. The quantitative estimate of drug-likeness (QED) is 0.523. The molecule has 3 nitrogen and oxygen atoms in total. The van der Waals surface area contributed by atoms with Crippen LogP contribution in [0.3, 0.4) is 0 Å². The Morgan fingerprint density at radius 2 is 2.00 bits per heavy atom. The fraction of sp³-hybridized carbons (Fsp3) is 0.857. The van der Waals surface area contributed by atoms with Crippen molar-refractivity contribution in [1.29, 1.82) is 5.26 Å². The maximum atomic E-state index is 8.38. The molecule has 0 aromatic carbocycles. The van der Waals surface area contributed by atoms with Gasteiger partial charge in [-0.1, -0.05) is 0 Å². The van der Waals surface area contributed by atoms with Gasteiger partial charge in [0.05, 0.1) is 6.07 Å². The highest BCUT2D eigenvalue weighted by Crippen LogP contribution is 1.82. The Labute approximate surface area is 61.7 Å². The van der Waals surface area contributed by atoms with Crippen LogP contribution in [0.5, 0.6) is 0 Å². The number of hydrogen-bond acceptors (Lipinski definition) is 3. The lowest BCUT2D eigenvalue weighted by molar-refractivity contribution is 0.286. The van der Waals surface area contributed by atoms with E-state index in [-0.39, 0.29) is 6.61 Å². The van der Waals surface area contributed by atoms with Gasteiger partial charge in [-0.25, -0.2) is 0 Å². The molecule has 0 saturated carbocycles. The molecular formula is C7H14N2O. The smallest absolute Gasteiger partial charge is 0.0622 e. The van der Waals surface area contributed by atoms with Crippen LogP contribution in [0.25, 0.3) is 0 Å². The van der Waals surface area contributed by atoms with Crippen LogP contribution in [0.15, 0.2) is 0 Å². The predicted molar refractivity (Wildman–Crippen MR) is 39.4 cm³/mol. The topological polar surface area (TPSA) is 56.0 Å². The maximum absolute atomic E-state index is 8.38. The third-order valence-corrected chi connectivity index (χ3v) is 1.15. The molecular weight excluding hydrogens is 128 g/mol. The second-order valence-electron chi connectivity index (χ2n) is 2.09. The second-order valence-corrected chi connectivity index (χ2v) is 2.09. The number of hydrogen-bond donors (Lipinski definition) is 2. The van der Waals surface area contributed by atoms with Crippen LogP contribution >= 0.6 is 0 Å². The summed E-state index contributed by atoms with van der Waals surface area (Å²) in [5.74, 6) is 0. The zero-order valence-corrected chi connectivity index (χ0v) is 6.14. The number of nitrogens with zero attached hydrogens (tertiary/aromatic N) is 1. The van der Waals surface area contributed by atoms with E-state index in [0.717, 1.165) is 25.9 Å². The summed E-state index contributed by atoms with van der Waals surface area (Å²) in [5.41, 5.74) is 0. The normalized spacial score (nSPS) is 9.20. The van der Waals surface area contributed by atoms with E-state index in [2.05, 4.69) is 11.4 Å². The summed E-state index contributed by atoms with van der Waals surface area (Å²) in [4.78, 5) is 0. The third kappa shape index (κ3) is 7.41. The molecule has 0 saturated heterocycles. The van der Waals surface area contributed by atoms with Crippen molar-refractivity contribution in [3.05, 3.63) is 0 Å². The first-order chi connectivity index (χ1) is 4.91. The van der Waals surface area contributed by atoms with Gasteiger partial charge in [0, 0.05) is 13.0 Å². The molecule has 0 aromatic heterocycles. The van der Waals surface area contributed by atoms with Crippen molar-refractivity contribution in [2.24, 2.45) is 0 Å². The summed E-state index contributed by atoms with van der Waals surface area (Å²) in [5, 5.41) is 19.6. The molecule has 3 heteroatoms. The van der Waals surface area contributed by atoms with Gasteiger partial charge in [0.2, 0.25) is 0 Å². The minimum Gasteiger partial charge on any atom is -0.396 e. The Bertz CT molecular complexity index is 98.3. The Balaban J connectivity index is 2.72. The van der Waals surface area contributed by atoms with E-state index in [9.17, 15) is 0 Å². The van der Waals surface area contributed by atoms with Gasteiger partial charge in [0.15, 0.2) is 0 Å². The number of nitriles is 1. The highest BCUT2D eigenvalue weighted by atomic mass is 16.3. The van der Waals surface area contributed by atoms with E-state index in [1.807, 2.05) is 0 Å². The van der Waals surface area contributed by atoms with Crippen LogP contribution in [-0.2, 0) is 0 Å². The summed E-state index contributed by atoms with van der Waals surface area (Å²) >= 11 is 0. The summed E-state index contributed by atoms with van der Waals surface area (Å²) in [7, 11) is 0. The minimum atomic E-state index is 0.241. The molecule has 10 heavy (non-hydrogen) atoms. The fourth-order valence-electron chi connectivity index (χ4n) is 0.622. The molecule has 2 N–H and O–H groups in total. The number of nitrogens with one attached hydrogen (secondary N) is 1. The van der Waals surface area contributed by atoms with Crippen LogP contribution in [0.2, 0.25) is 0 Å². The lowest BCUT2D eigenvalue weighted by atomic mass is 10.3. The first-order valence-corrected chi connectivity index (χ1v) is 3.60. The largest absolute Gasteiger partial charge is 0.396 e. The third-order valence-electron chi connectivity index (χ3n) is 1.15. The molecule has 58 valence electrons. The number of unbranched alkanes of at least 4 members (excludes halogenated alkanes) is 1. The van der Waals surface area contributed by atoms with Gasteiger partial charge in [-0.15, -0.1) is 0 Å². The van der Waals surface area contributed by atoms with Crippen molar-refractivity contribution in [3.8, 4) is 6.07 Å². The van der Waals surface area contributed by atoms with E-state index in [0.29, 0.717) is 6.42 Å². The fourth-order valence-corrected chi connectivity index (χ4v) is 0.622. The van der Waals surface area contributed by atoms with Crippen molar-refractivity contribution in [3.63, 3.8) is 0 Å². The summed E-state index contributed by atoms with van der Waals surface area (Å²) in [6.45, 7) is 1.97. The number of aliphatic hydroxyl groups is 1. The maximum Gasteiger partial charge on any atom is 0.0622 e. The summed E-state index contributed by atoms with van der Waals surface area (Å²) < 4.78 is 0. The molecule has 0 radical (unpaired) electrons. The van der Waals surface area contributed by atoms with Crippen molar-refractivity contribution in [2.45, 2.75) is 19.3 Å². The van der Waals surface area contributed by atoms with Crippen LogP contribution in [-0.4, -0.2) is 24.8 Å². The van der Waals surface area contributed by atoms with Gasteiger partial charge in [0.25, 0.3) is 0 Å². The molecule has 0 aliphatic rings. The molecule has 0 bridgehead atoms. The van der Waals surface area contributed by atoms with E-state index >= 15 is 0 Å². The number of rotatable bonds is 6. The van der Waals surface area contributed by atoms with Gasteiger partial charge < -0.3 is 10.4 Å². The van der Waals surface area contributed by atoms with Crippen LogP contribution in [0.4, 0.5) is 0 Å². The minimum absolute atomic E-state index is 0.241. The molecule has 0 unspecified atom stereocenters. The average molecular weight is 142 g/mol. The first-order valence-electron chi connectivity index (χ1n) is 3.60. The molecule has 0 rings (SSSR count). The van der Waals surface area contributed by atoms with E-state index in [1.165, 1.54) is 0 Å². The zero-order valence-electron chi connectivity index (χ0n) is 6.14. The highest BCUT2D eigenvalue weighted by molar-refractivity contribution is 4.68.